The molecule has 0 bridgehead atoms. The van der Waals surface area contributed by atoms with E-state index in [1.807, 2.05) is 0 Å². The van der Waals surface area contributed by atoms with Crippen LogP contribution in [0.1, 0.15) is 63.9 Å². The zero-order valence-electron chi connectivity index (χ0n) is 17.5. The average molecular weight is 372 g/mol. The Balaban J connectivity index is 1.28. The molecule has 1 aromatic heterocycles. The first-order valence-corrected chi connectivity index (χ1v) is 11.2. The molecule has 1 unspecified atom stereocenters. The molecule has 5 heteroatoms. The van der Waals surface area contributed by atoms with Gasteiger partial charge in [-0.1, -0.05) is 13.3 Å². The third kappa shape index (κ3) is 4.29. The van der Waals surface area contributed by atoms with Gasteiger partial charge in [-0.2, -0.15) is 0 Å². The van der Waals surface area contributed by atoms with Gasteiger partial charge in [-0.15, -0.1) is 0 Å². The fourth-order valence-corrected chi connectivity index (χ4v) is 5.23. The van der Waals surface area contributed by atoms with Crippen molar-refractivity contribution in [2.75, 3.05) is 37.6 Å². The largest absolute Gasteiger partial charge is 0.356 e. The van der Waals surface area contributed by atoms with E-state index in [2.05, 4.69) is 46.5 Å². The fourth-order valence-electron chi connectivity index (χ4n) is 5.23. The highest BCUT2D eigenvalue weighted by atomic mass is 15.3. The number of hydrogen-bond donors (Lipinski definition) is 0. The van der Waals surface area contributed by atoms with Crippen LogP contribution in [0.25, 0.3) is 0 Å². The van der Waals surface area contributed by atoms with Crippen molar-refractivity contribution in [1.82, 2.24) is 19.8 Å². The summed E-state index contributed by atoms with van der Waals surface area (Å²) >= 11 is 0. The number of aromatic nitrogens is 2. The van der Waals surface area contributed by atoms with Crippen molar-refractivity contribution < 1.29 is 0 Å². The topological polar surface area (TPSA) is 35.5 Å². The van der Waals surface area contributed by atoms with Gasteiger partial charge < -0.3 is 4.90 Å². The van der Waals surface area contributed by atoms with Crippen LogP contribution in [0.15, 0.2) is 6.07 Å². The van der Waals surface area contributed by atoms with Crippen LogP contribution in [-0.4, -0.2) is 70.6 Å². The summed E-state index contributed by atoms with van der Waals surface area (Å²) in [6, 6.07) is 4.55. The van der Waals surface area contributed by atoms with E-state index in [-0.39, 0.29) is 0 Å². The van der Waals surface area contributed by atoms with Crippen molar-refractivity contribution in [3.63, 3.8) is 0 Å². The van der Waals surface area contributed by atoms with Crippen LogP contribution < -0.4 is 4.90 Å². The first kappa shape index (κ1) is 19.1. The molecule has 4 heterocycles. The Bertz CT molecular complexity index is 619. The van der Waals surface area contributed by atoms with Crippen molar-refractivity contribution in [1.29, 1.82) is 0 Å². The van der Waals surface area contributed by atoms with Crippen molar-refractivity contribution in [2.24, 2.45) is 0 Å². The minimum Gasteiger partial charge on any atom is -0.356 e. The van der Waals surface area contributed by atoms with E-state index in [0.717, 1.165) is 61.4 Å². The van der Waals surface area contributed by atoms with Crippen molar-refractivity contribution in [3.8, 4) is 0 Å². The Morgan fingerprint density at radius 1 is 1.00 bits per heavy atom. The summed E-state index contributed by atoms with van der Waals surface area (Å²) in [6.07, 6.45) is 8.86. The Labute approximate surface area is 165 Å². The zero-order valence-corrected chi connectivity index (χ0v) is 17.5. The van der Waals surface area contributed by atoms with E-state index in [9.17, 15) is 0 Å². The molecule has 0 spiro atoms. The van der Waals surface area contributed by atoms with Crippen LogP contribution in [0.4, 0.5) is 5.82 Å². The van der Waals surface area contributed by atoms with Gasteiger partial charge in [0.05, 0.1) is 0 Å². The summed E-state index contributed by atoms with van der Waals surface area (Å²) in [5.74, 6) is 2.16. The molecule has 0 aliphatic carbocycles. The second-order valence-electron chi connectivity index (χ2n) is 8.94. The van der Waals surface area contributed by atoms with E-state index >= 15 is 0 Å². The molecule has 4 rings (SSSR count). The van der Waals surface area contributed by atoms with Gasteiger partial charge in [0, 0.05) is 62.5 Å². The number of piperidine rings is 2. The van der Waals surface area contributed by atoms with Gasteiger partial charge in [0.2, 0.25) is 0 Å². The van der Waals surface area contributed by atoms with Crippen molar-refractivity contribution in [2.45, 2.75) is 83.8 Å². The molecule has 0 saturated carbocycles. The summed E-state index contributed by atoms with van der Waals surface area (Å²) < 4.78 is 0. The lowest BCUT2D eigenvalue weighted by Gasteiger charge is -2.53. The van der Waals surface area contributed by atoms with E-state index in [1.54, 1.807) is 0 Å². The lowest BCUT2D eigenvalue weighted by Crippen LogP contribution is -2.65. The molecule has 0 N–H and O–H groups in total. The lowest BCUT2D eigenvalue weighted by molar-refractivity contribution is -0.0286. The van der Waals surface area contributed by atoms with E-state index in [0.29, 0.717) is 0 Å². The lowest BCUT2D eigenvalue weighted by atomic mass is 9.93. The summed E-state index contributed by atoms with van der Waals surface area (Å²) in [5.41, 5.74) is 1.10. The van der Waals surface area contributed by atoms with Gasteiger partial charge in [0.1, 0.15) is 11.6 Å². The Kier molecular flexibility index (Phi) is 5.98. The smallest absolute Gasteiger partial charge is 0.132 e. The van der Waals surface area contributed by atoms with Gasteiger partial charge in [-0.25, -0.2) is 9.97 Å². The van der Waals surface area contributed by atoms with Crippen LogP contribution in [0.5, 0.6) is 0 Å². The number of rotatable bonds is 5. The molecule has 5 nitrogen and oxygen atoms in total. The first-order valence-electron chi connectivity index (χ1n) is 11.2. The minimum atomic E-state index is 0.774. The maximum atomic E-state index is 4.83. The number of aryl methyl sites for hydroxylation is 2. The highest BCUT2D eigenvalue weighted by Crippen LogP contribution is 2.29. The summed E-state index contributed by atoms with van der Waals surface area (Å²) in [6.45, 7) is 12.9. The van der Waals surface area contributed by atoms with Gasteiger partial charge in [-0.05, 0) is 52.5 Å². The normalized spacial score (nSPS) is 26.3. The second kappa shape index (κ2) is 8.44. The maximum Gasteiger partial charge on any atom is 0.132 e. The third-order valence-corrected chi connectivity index (χ3v) is 6.88. The van der Waals surface area contributed by atoms with Gasteiger partial charge in [-0.3, -0.25) is 9.80 Å². The van der Waals surface area contributed by atoms with Crippen LogP contribution in [-0.2, 0) is 6.42 Å². The minimum absolute atomic E-state index is 0.774. The third-order valence-electron chi connectivity index (χ3n) is 6.88. The number of nitrogens with zero attached hydrogens (tertiary/aromatic N) is 5. The molecular formula is C22H37N5. The molecular weight excluding hydrogens is 334 g/mol. The monoisotopic (exact) mass is 371 g/mol. The standard InChI is InChI=1S/C22H37N5/c1-4-7-21-23-17(2)14-22(24-21)25-12-9-19(10-13-25)26-15-20(16-26)27-11-6-5-8-18(27)3/h14,18-20H,4-13,15-16H2,1-3H3. The molecule has 0 aromatic carbocycles. The maximum absolute atomic E-state index is 4.83. The fraction of sp³-hybridized carbons (Fsp3) is 0.818. The van der Waals surface area contributed by atoms with Crippen molar-refractivity contribution >= 4 is 5.82 Å². The molecule has 1 atom stereocenters. The Hall–Kier alpha value is -1.20. The molecule has 3 aliphatic rings. The summed E-state index contributed by atoms with van der Waals surface area (Å²) in [7, 11) is 0. The number of likely N-dealkylation sites (tertiary alicyclic amines) is 2. The SMILES string of the molecule is CCCc1nc(C)cc(N2CCC(N3CC(N4CCCCC4C)C3)CC2)n1. The highest BCUT2D eigenvalue weighted by molar-refractivity contribution is 5.40. The zero-order chi connectivity index (χ0) is 18.8. The molecule has 0 radical (unpaired) electrons. The molecule has 0 amide bonds. The molecule has 3 aliphatic heterocycles. The number of anilines is 1. The van der Waals surface area contributed by atoms with Crippen LogP contribution >= 0.6 is 0 Å². The molecule has 1 aromatic rings. The van der Waals surface area contributed by atoms with Gasteiger partial charge in [0.15, 0.2) is 0 Å². The average Bonchev–Trinajstić information content (AvgIpc) is 2.62. The van der Waals surface area contributed by atoms with Crippen LogP contribution in [0.3, 0.4) is 0 Å². The number of hydrogen-bond acceptors (Lipinski definition) is 5. The van der Waals surface area contributed by atoms with Crippen molar-refractivity contribution in [3.05, 3.63) is 17.6 Å². The Morgan fingerprint density at radius 2 is 1.78 bits per heavy atom. The van der Waals surface area contributed by atoms with E-state index < -0.39 is 0 Å². The highest BCUT2D eigenvalue weighted by Gasteiger charge is 2.39. The second-order valence-corrected chi connectivity index (χ2v) is 8.94. The molecule has 27 heavy (non-hydrogen) atoms. The van der Waals surface area contributed by atoms with E-state index in [4.69, 9.17) is 4.98 Å². The molecule has 3 fully saturated rings. The Morgan fingerprint density at radius 3 is 2.48 bits per heavy atom. The van der Waals surface area contributed by atoms with Crippen LogP contribution in [0.2, 0.25) is 0 Å². The van der Waals surface area contributed by atoms with Gasteiger partial charge >= 0.3 is 0 Å². The van der Waals surface area contributed by atoms with E-state index in [1.165, 1.54) is 51.7 Å². The predicted molar refractivity (Wildman–Crippen MR) is 111 cm³/mol. The van der Waals surface area contributed by atoms with Gasteiger partial charge in [0.25, 0.3) is 0 Å². The summed E-state index contributed by atoms with van der Waals surface area (Å²) in [5, 5.41) is 0. The van der Waals surface area contributed by atoms with Crippen LogP contribution in [0, 0.1) is 6.92 Å². The molecule has 3 saturated heterocycles. The predicted octanol–water partition coefficient (Wildman–Crippen LogP) is 3.26. The molecule has 150 valence electrons. The quantitative estimate of drug-likeness (QED) is 0.794. The first-order chi connectivity index (χ1) is 13.1. The summed E-state index contributed by atoms with van der Waals surface area (Å²) in [4.78, 5) is 17.4.